The van der Waals surface area contributed by atoms with Crippen molar-refractivity contribution in [1.82, 2.24) is 30.0 Å². The van der Waals surface area contributed by atoms with Gasteiger partial charge in [0.05, 0.1) is 24.4 Å². The fourth-order valence-electron chi connectivity index (χ4n) is 2.48. The van der Waals surface area contributed by atoms with Crippen molar-refractivity contribution in [2.45, 2.75) is 13.1 Å². The number of hydrogen-bond acceptors (Lipinski definition) is 4. The molecule has 0 bridgehead atoms. The molecule has 0 aromatic carbocycles. The second kappa shape index (κ2) is 9.08. The summed E-state index contributed by atoms with van der Waals surface area (Å²) in [6.45, 7) is 1.15. The lowest BCUT2D eigenvalue weighted by atomic mass is 10.4. The SMILES string of the molecule is CN=C(NCc1nc(-c2ccco2)n[nH]1)N(C)Cc1cc(Cl)cn1C.I. The Hall–Kier alpha value is -2.01. The molecule has 0 spiro atoms. The fraction of sp³-hybridized carbons (Fsp3) is 0.312. The Morgan fingerprint density at radius 3 is 2.92 bits per heavy atom. The number of aromatic nitrogens is 4. The molecule has 3 rings (SSSR count). The molecule has 8 nitrogen and oxygen atoms in total. The first-order chi connectivity index (χ1) is 12.1. The van der Waals surface area contributed by atoms with Crippen molar-refractivity contribution in [2.75, 3.05) is 14.1 Å². The lowest BCUT2D eigenvalue weighted by Crippen LogP contribution is -2.38. The summed E-state index contributed by atoms with van der Waals surface area (Å²) in [6.07, 6.45) is 3.47. The van der Waals surface area contributed by atoms with Crippen LogP contribution < -0.4 is 5.32 Å². The van der Waals surface area contributed by atoms with Crippen LogP contribution >= 0.6 is 35.6 Å². The molecule has 2 N–H and O–H groups in total. The number of H-pyrrole nitrogens is 1. The molecule has 0 radical (unpaired) electrons. The lowest BCUT2D eigenvalue weighted by Gasteiger charge is -2.21. The van der Waals surface area contributed by atoms with Gasteiger partial charge in [0.15, 0.2) is 11.7 Å². The molecule has 26 heavy (non-hydrogen) atoms. The number of aryl methyl sites for hydroxylation is 1. The van der Waals surface area contributed by atoms with Crippen molar-refractivity contribution < 1.29 is 4.42 Å². The van der Waals surface area contributed by atoms with Gasteiger partial charge in [-0.25, -0.2) is 4.98 Å². The largest absolute Gasteiger partial charge is 0.461 e. The summed E-state index contributed by atoms with van der Waals surface area (Å²) in [5.41, 5.74) is 1.09. The average Bonchev–Trinajstić information content (AvgIpc) is 3.30. The minimum atomic E-state index is 0. The van der Waals surface area contributed by atoms with E-state index in [1.165, 1.54) is 0 Å². The van der Waals surface area contributed by atoms with Crippen LogP contribution in [0.3, 0.4) is 0 Å². The number of nitrogens with one attached hydrogen (secondary N) is 2. The van der Waals surface area contributed by atoms with Gasteiger partial charge in [-0.3, -0.25) is 10.1 Å². The van der Waals surface area contributed by atoms with Gasteiger partial charge in [0.1, 0.15) is 5.82 Å². The molecular weight excluding hydrogens is 469 g/mol. The van der Waals surface area contributed by atoms with Crippen molar-refractivity contribution in [3.63, 3.8) is 0 Å². The zero-order valence-electron chi connectivity index (χ0n) is 14.7. The third-order valence-electron chi connectivity index (χ3n) is 3.73. The summed E-state index contributed by atoms with van der Waals surface area (Å²) in [5.74, 6) is 2.60. The minimum absolute atomic E-state index is 0. The number of hydrogen-bond donors (Lipinski definition) is 2. The first-order valence-electron chi connectivity index (χ1n) is 7.74. The molecule has 0 atom stereocenters. The van der Waals surface area contributed by atoms with Gasteiger partial charge in [0.2, 0.25) is 5.82 Å². The molecule has 3 aromatic rings. The molecule has 140 valence electrons. The number of aromatic amines is 1. The van der Waals surface area contributed by atoms with E-state index in [1.54, 1.807) is 19.4 Å². The molecule has 0 saturated heterocycles. The Morgan fingerprint density at radius 2 is 2.31 bits per heavy atom. The van der Waals surface area contributed by atoms with Gasteiger partial charge in [-0.2, -0.15) is 0 Å². The molecule has 10 heteroatoms. The summed E-state index contributed by atoms with van der Waals surface area (Å²) < 4.78 is 7.29. The van der Waals surface area contributed by atoms with Crippen molar-refractivity contribution in [3.05, 3.63) is 47.2 Å². The highest BCUT2D eigenvalue weighted by Crippen LogP contribution is 2.15. The van der Waals surface area contributed by atoms with E-state index in [1.807, 2.05) is 41.9 Å². The van der Waals surface area contributed by atoms with Crippen LogP contribution in [-0.4, -0.2) is 44.7 Å². The van der Waals surface area contributed by atoms with Crippen molar-refractivity contribution >= 4 is 41.5 Å². The minimum Gasteiger partial charge on any atom is -0.461 e. The van der Waals surface area contributed by atoms with Crippen LogP contribution in [0.15, 0.2) is 40.1 Å². The van der Waals surface area contributed by atoms with Crippen molar-refractivity contribution in [2.24, 2.45) is 12.0 Å². The molecule has 3 aromatic heterocycles. The molecule has 3 heterocycles. The van der Waals surface area contributed by atoms with Gasteiger partial charge in [0, 0.05) is 33.0 Å². The van der Waals surface area contributed by atoms with Crippen LogP contribution in [0, 0.1) is 0 Å². The maximum atomic E-state index is 6.04. The highest BCUT2D eigenvalue weighted by Gasteiger charge is 2.12. The predicted octanol–water partition coefficient (Wildman–Crippen LogP) is 2.88. The Bertz CT molecular complexity index is 856. The van der Waals surface area contributed by atoms with E-state index in [9.17, 15) is 0 Å². The number of halogens is 2. The number of rotatable bonds is 5. The van der Waals surface area contributed by atoms with Gasteiger partial charge in [0.25, 0.3) is 0 Å². The summed E-state index contributed by atoms with van der Waals surface area (Å²) in [6, 6.07) is 5.56. The second-order valence-electron chi connectivity index (χ2n) is 5.60. The monoisotopic (exact) mass is 489 g/mol. The van der Waals surface area contributed by atoms with Gasteiger partial charge in [-0.05, 0) is 18.2 Å². The van der Waals surface area contributed by atoms with Crippen LogP contribution in [-0.2, 0) is 20.1 Å². The number of nitrogens with zero attached hydrogens (tertiary/aromatic N) is 5. The van der Waals surface area contributed by atoms with E-state index in [4.69, 9.17) is 16.0 Å². The summed E-state index contributed by atoms with van der Waals surface area (Å²) >= 11 is 6.04. The lowest BCUT2D eigenvalue weighted by molar-refractivity contribution is 0.460. The van der Waals surface area contributed by atoms with E-state index in [0.717, 1.165) is 16.7 Å². The highest BCUT2D eigenvalue weighted by atomic mass is 127. The molecule has 0 aliphatic heterocycles. The first kappa shape index (κ1) is 20.3. The zero-order valence-corrected chi connectivity index (χ0v) is 17.8. The second-order valence-corrected chi connectivity index (χ2v) is 6.04. The molecule has 0 saturated carbocycles. The van der Waals surface area contributed by atoms with Gasteiger partial charge < -0.3 is 19.2 Å². The predicted molar refractivity (Wildman–Crippen MR) is 112 cm³/mol. The fourth-order valence-corrected chi connectivity index (χ4v) is 2.75. The first-order valence-corrected chi connectivity index (χ1v) is 8.12. The summed E-state index contributed by atoms with van der Waals surface area (Å²) in [7, 11) is 5.67. The van der Waals surface area contributed by atoms with E-state index in [-0.39, 0.29) is 24.0 Å². The highest BCUT2D eigenvalue weighted by molar-refractivity contribution is 14.0. The summed E-state index contributed by atoms with van der Waals surface area (Å²) in [4.78, 5) is 10.7. The van der Waals surface area contributed by atoms with E-state index >= 15 is 0 Å². The van der Waals surface area contributed by atoms with E-state index in [2.05, 4.69) is 25.5 Å². The third-order valence-corrected chi connectivity index (χ3v) is 3.94. The summed E-state index contributed by atoms with van der Waals surface area (Å²) in [5, 5.41) is 11.0. The van der Waals surface area contributed by atoms with Crippen LogP contribution in [0.25, 0.3) is 11.6 Å². The Morgan fingerprint density at radius 1 is 1.50 bits per heavy atom. The molecular formula is C16H21ClIN7O. The maximum Gasteiger partial charge on any atom is 0.216 e. The van der Waals surface area contributed by atoms with Gasteiger partial charge >= 0.3 is 0 Å². The third kappa shape index (κ3) is 4.79. The van der Waals surface area contributed by atoms with E-state index < -0.39 is 0 Å². The molecule has 0 fully saturated rings. The van der Waals surface area contributed by atoms with Crippen LogP contribution in [0.5, 0.6) is 0 Å². The number of guanidine groups is 1. The molecule has 0 unspecified atom stereocenters. The van der Waals surface area contributed by atoms with Crippen molar-refractivity contribution in [1.29, 1.82) is 0 Å². The Kier molecular flexibility index (Phi) is 7.09. The molecule has 0 amide bonds. The Balaban J connectivity index is 0.00000243. The standard InChI is InChI=1S/C16H20ClN7O.HI/c1-18-16(24(3)10-12-7-11(17)9-23(12)2)19-8-14-20-15(22-21-14)13-5-4-6-25-13;/h4-7,9H,8,10H2,1-3H3,(H,18,19)(H,20,21,22);1H. The number of aliphatic imine (C=N–C) groups is 1. The smallest absolute Gasteiger partial charge is 0.216 e. The van der Waals surface area contributed by atoms with E-state index in [0.29, 0.717) is 30.5 Å². The Labute approximate surface area is 173 Å². The van der Waals surface area contributed by atoms with Crippen LogP contribution in [0.1, 0.15) is 11.5 Å². The molecule has 0 aliphatic carbocycles. The molecule has 0 aliphatic rings. The van der Waals surface area contributed by atoms with Crippen LogP contribution in [0.4, 0.5) is 0 Å². The van der Waals surface area contributed by atoms with Crippen molar-refractivity contribution in [3.8, 4) is 11.6 Å². The van der Waals surface area contributed by atoms with Crippen LogP contribution in [0.2, 0.25) is 5.02 Å². The quantitative estimate of drug-likeness (QED) is 0.327. The zero-order chi connectivity index (χ0) is 17.8. The maximum absolute atomic E-state index is 6.04. The average molecular weight is 490 g/mol. The number of furan rings is 1. The topological polar surface area (TPSA) is 87.3 Å². The normalized spacial score (nSPS) is 11.3. The van der Waals surface area contributed by atoms with Gasteiger partial charge in [-0.15, -0.1) is 29.1 Å². The van der Waals surface area contributed by atoms with Gasteiger partial charge in [-0.1, -0.05) is 11.6 Å².